The van der Waals surface area contributed by atoms with E-state index in [4.69, 9.17) is 16.3 Å². The molecule has 0 saturated heterocycles. The largest absolute Gasteiger partial charge is 0.508 e. The average molecular weight is 380 g/mol. The molecule has 0 radical (unpaired) electrons. The van der Waals surface area contributed by atoms with E-state index in [1.165, 1.54) is 4.68 Å². The number of hydrogen-bond donors (Lipinski definition) is 2. The molecule has 0 bridgehead atoms. The first kappa shape index (κ1) is 20.1. The van der Waals surface area contributed by atoms with Crippen LogP contribution in [0.4, 0.5) is 5.69 Å². The van der Waals surface area contributed by atoms with Gasteiger partial charge in [-0.25, -0.2) is 4.68 Å². The van der Waals surface area contributed by atoms with Crippen LogP contribution in [0.25, 0.3) is 0 Å². The molecule has 0 aliphatic rings. The smallest absolute Gasteiger partial charge is 0.287 e. The van der Waals surface area contributed by atoms with Gasteiger partial charge in [-0.2, -0.15) is 5.10 Å². The number of aromatic hydroxyl groups is 1. The zero-order valence-electron chi connectivity index (χ0n) is 15.3. The van der Waals surface area contributed by atoms with E-state index in [2.05, 4.69) is 17.3 Å². The molecule has 0 saturated carbocycles. The van der Waals surface area contributed by atoms with Crippen LogP contribution in [-0.2, 0) is 13.0 Å². The van der Waals surface area contributed by atoms with E-state index >= 15 is 0 Å². The van der Waals surface area contributed by atoms with Gasteiger partial charge in [0.1, 0.15) is 16.5 Å². The van der Waals surface area contributed by atoms with Gasteiger partial charge in [0.05, 0.1) is 18.5 Å². The number of aromatic nitrogens is 2. The van der Waals surface area contributed by atoms with Crippen LogP contribution in [-0.4, -0.2) is 28.0 Å². The summed E-state index contributed by atoms with van der Waals surface area (Å²) in [5.74, 6) is 1.05. The molecule has 0 fully saturated rings. The predicted octanol–water partition coefficient (Wildman–Crippen LogP) is 3.85. The minimum Gasteiger partial charge on any atom is -0.508 e. The van der Waals surface area contributed by atoms with Crippen LogP contribution in [0.15, 0.2) is 29.2 Å². The Morgan fingerprint density at radius 3 is 2.85 bits per heavy atom. The average Bonchev–Trinajstić information content (AvgIpc) is 2.62. The second-order valence-corrected chi connectivity index (χ2v) is 6.45. The molecule has 26 heavy (non-hydrogen) atoms. The van der Waals surface area contributed by atoms with Gasteiger partial charge >= 0.3 is 0 Å². The van der Waals surface area contributed by atoms with Crippen molar-refractivity contribution in [2.24, 2.45) is 0 Å². The third-order valence-electron chi connectivity index (χ3n) is 3.88. The van der Waals surface area contributed by atoms with Crippen molar-refractivity contribution >= 4 is 17.3 Å². The highest BCUT2D eigenvalue weighted by molar-refractivity contribution is 6.32. The Labute approximate surface area is 158 Å². The Hall–Kier alpha value is -2.21. The second kappa shape index (κ2) is 10.1. The summed E-state index contributed by atoms with van der Waals surface area (Å²) >= 11 is 6.12. The number of hydrogen-bond acceptors (Lipinski definition) is 5. The monoisotopic (exact) mass is 379 g/mol. The number of anilines is 1. The van der Waals surface area contributed by atoms with Gasteiger partial charge in [-0.05, 0) is 43.0 Å². The molecule has 7 heteroatoms. The minimum atomic E-state index is -0.275. The van der Waals surface area contributed by atoms with Gasteiger partial charge in [0, 0.05) is 13.1 Å². The first-order chi connectivity index (χ1) is 12.6. The summed E-state index contributed by atoms with van der Waals surface area (Å²) in [4.78, 5) is 12.1. The van der Waals surface area contributed by atoms with Crippen LogP contribution in [0.1, 0.15) is 38.7 Å². The van der Waals surface area contributed by atoms with Crippen molar-refractivity contribution < 1.29 is 9.84 Å². The van der Waals surface area contributed by atoms with Crippen LogP contribution < -0.4 is 15.6 Å². The summed E-state index contributed by atoms with van der Waals surface area (Å²) < 4.78 is 7.19. The lowest BCUT2D eigenvalue weighted by Gasteiger charge is -2.13. The number of phenolic OH excluding ortho intramolecular Hbond substituents is 1. The number of nitrogens with zero attached hydrogens (tertiary/aromatic N) is 2. The molecule has 2 N–H and O–H groups in total. The van der Waals surface area contributed by atoms with Gasteiger partial charge in [-0.3, -0.25) is 4.79 Å². The van der Waals surface area contributed by atoms with Crippen molar-refractivity contribution in [2.75, 3.05) is 18.5 Å². The van der Waals surface area contributed by atoms with E-state index in [0.717, 1.165) is 37.0 Å². The zero-order valence-corrected chi connectivity index (χ0v) is 16.1. The molecule has 0 aliphatic carbocycles. The molecule has 0 aliphatic heterocycles. The summed E-state index contributed by atoms with van der Waals surface area (Å²) in [6.07, 6.45) is 4.98. The maximum atomic E-state index is 12.1. The highest BCUT2D eigenvalue weighted by atomic mass is 35.5. The lowest BCUT2D eigenvalue weighted by Crippen LogP contribution is -2.24. The van der Waals surface area contributed by atoms with Gasteiger partial charge in [0.2, 0.25) is 0 Å². The van der Waals surface area contributed by atoms with Crippen molar-refractivity contribution in [3.8, 4) is 11.5 Å². The Balaban J connectivity index is 1.85. The Morgan fingerprint density at radius 1 is 1.31 bits per heavy atom. The fraction of sp³-hybridized carbons (Fsp3) is 0.474. The third kappa shape index (κ3) is 5.39. The minimum absolute atomic E-state index is 0.165. The lowest BCUT2D eigenvalue weighted by atomic mass is 10.1. The number of benzene rings is 1. The molecule has 1 aromatic heterocycles. The topological polar surface area (TPSA) is 76.4 Å². The first-order valence-electron chi connectivity index (χ1n) is 9.01. The number of nitrogens with one attached hydrogen (secondary N) is 1. The summed E-state index contributed by atoms with van der Waals surface area (Å²) in [7, 11) is 0. The highest BCUT2D eigenvalue weighted by Gasteiger charge is 2.09. The molecule has 6 nitrogen and oxygen atoms in total. The van der Waals surface area contributed by atoms with E-state index < -0.39 is 0 Å². The van der Waals surface area contributed by atoms with Crippen LogP contribution in [0, 0.1) is 0 Å². The maximum absolute atomic E-state index is 12.1. The van der Waals surface area contributed by atoms with E-state index in [1.807, 2.05) is 6.92 Å². The number of halogens is 1. The molecule has 0 spiro atoms. The van der Waals surface area contributed by atoms with E-state index in [1.54, 1.807) is 24.4 Å². The van der Waals surface area contributed by atoms with Crippen molar-refractivity contribution in [3.63, 3.8) is 0 Å². The van der Waals surface area contributed by atoms with E-state index in [9.17, 15) is 9.90 Å². The number of ether oxygens (including phenoxy) is 1. The molecular formula is C19H26ClN3O3. The Kier molecular flexibility index (Phi) is 7.78. The quantitative estimate of drug-likeness (QED) is 0.613. The second-order valence-electron chi connectivity index (χ2n) is 6.07. The summed E-state index contributed by atoms with van der Waals surface area (Å²) in [6, 6.07) is 5.17. The van der Waals surface area contributed by atoms with Gasteiger partial charge in [-0.1, -0.05) is 31.9 Å². The Bertz CT molecular complexity index is 777. The third-order valence-corrected chi connectivity index (χ3v) is 4.24. The van der Waals surface area contributed by atoms with Crippen molar-refractivity contribution in [3.05, 3.63) is 45.3 Å². The summed E-state index contributed by atoms with van der Waals surface area (Å²) in [5.41, 5.74) is 1.27. The predicted molar refractivity (Wildman–Crippen MR) is 105 cm³/mol. The first-order valence-corrected chi connectivity index (χ1v) is 9.38. The molecule has 2 aromatic rings. The number of phenols is 1. The zero-order chi connectivity index (χ0) is 18.9. The van der Waals surface area contributed by atoms with Gasteiger partial charge in [-0.15, -0.1) is 0 Å². The van der Waals surface area contributed by atoms with Crippen molar-refractivity contribution in [1.82, 2.24) is 9.78 Å². The van der Waals surface area contributed by atoms with Crippen molar-refractivity contribution in [2.45, 2.75) is 46.1 Å². The van der Waals surface area contributed by atoms with Gasteiger partial charge in [0.15, 0.2) is 0 Å². The van der Waals surface area contributed by atoms with Gasteiger partial charge in [0.25, 0.3) is 5.56 Å². The highest BCUT2D eigenvalue weighted by Crippen LogP contribution is 2.25. The molecule has 1 aromatic carbocycles. The molecule has 142 valence electrons. The number of aryl methyl sites for hydroxylation is 2. The lowest BCUT2D eigenvalue weighted by molar-refractivity contribution is 0.311. The normalized spacial score (nSPS) is 10.7. The van der Waals surface area contributed by atoms with E-state index in [0.29, 0.717) is 25.4 Å². The fourth-order valence-corrected chi connectivity index (χ4v) is 2.82. The van der Waals surface area contributed by atoms with Crippen LogP contribution in [0.5, 0.6) is 11.5 Å². The molecule has 2 rings (SSSR count). The molecular weight excluding hydrogens is 354 g/mol. The standard InChI is InChI=1S/C19H26ClN3O3/c1-3-6-14-12-15(24)7-8-17(14)26-11-5-9-21-16-13-22-23(10-4-2)19(25)18(16)20/h7-8,12-13,21,24H,3-6,9-11H2,1-2H3. The summed E-state index contributed by atoms with van der Waals surface area (Å²) in [6.45, 7) is 5.75. The van der Waals surface area contributed by atoms with Crippen molar-refractivity contribution in [1.29, 1.82) is 0 Å². The molecule has 1 heterocycles. The molecule has 0 atom stereocenters. The molecule has 0 unspecified atom stereocenters. The summed E-state index contributed by atoms with van der Waals surface area (Å²) in [5, 5.41) is 17.0. The van der Waals surface area contributed by atoms with E-state index in [-0.39, 0.29) is 16.3 Å². The Morgan fingerprint density at radius 2 is 2.12 bits per heavy atom. The van der Waals surface area contributed by atoms with Crippen LogP contribution in [0.2, 0.25) is 5.02 Å². The van der Waals surface area contributed by atoms with Crippen LogP contribution in [0.3, 0.4) is 0 Å². The fourth-order valence-electron chi connectivity index (χ4n) is 2.61. The van der Waals surface area contributed by atoms with Gasteiger partial charge < -0.3 is 15.2 Å². The molecule has 0 amide bonds. The SMILES string of the molecule is CCCc1cc(O)ccc1OCCCNc1cnn(CCC)c(=O)c1Cl. The van der Waals surface area contributed by atoms with Crippen LogP contribution >= 0.6 is 11.6 Å². The number of rotatable bonds is 10. The maximum Gasteiger partial charge on any atom is 0.287 e.